The number of benzene rings is 2. The van der Waals surface area contributed by atoms with E-state index in [1.54, 1.807) is 24.3 Å². The van der Waals surface area contributed by atoms with Crippen LogP contribution < -0.4 is 4.74 Å². The van der Waals surface area contributed by atoms with Crippen LogP contribution in [0.3, 0.4) is 0 Å². The quantitative estimate of drug-likeness (QED) is 0.436. The number of hydrogen-bond acceptors (Lipinski definition) is 1. The van der Waals surface area contributed by atoms with Crippen LogP contribution in [0, 0.1) is 23.5 Å². The monoisotopic (exact) mass is 380 g/mol. The summed E-state index contributed by atoms with van der Waals surface area (Å²) in [5, 5.41) is 0. The molecule has 2 rings (SSSR count). The van der Waals surface area contributed by atoms with Crippen molar-refractivity contribution in [2.45, 2.75) is 6.61 Å². The summed E-state index contributed by atoms with van der Waals surface area (Å²) in [5.41, 5.74) is 0.734. The van der Waals surface area contributed by atoms with Gasteiger partial charge in [-0.15, -0.1) is 5.56 Å². The molecule has 0 N–H and O–H groups in total. The Kier molecular flexibility index (Phi) is 7.10. The molecule has 0 aliphatic heterocycles. The number of ether oxygens (including phenoxy) is 1. The molecule has 2 aromatic carbocycles. The second-order valence-corrected chi connectivity index (χ2v) is 3.38. The molecule has 0 saturated heterocycles. The Balaban J connectivity index is 0.000000861. The molecule has 0 saturated carbocycles. The van der Waals surface area contributed by atoms with E-state index in [4.69, 9.17) is 4.74 Å². The van der Waals surface area contributed by atoms with Gasteiger partial charge in [-0.05, 0) is 0 Å². The molecule has 0 fully saturated rings. The summed E-state index contributed by atoms with van der Waals surface area (Å²) in [5.74, 6) is -4.09. The average molecular weight is 382 g/mol. The van der Waals surface area contributed by atoms with Gasteiger partial charge in [0.2, 0.25) is 0 Å². The van der Waals surface area contributed by atoms with Crippen LogP contribution in [0.4, 0.5) is 13.2 Å². The molecule has 0 amide bonds. The molecule has 1 nitrogen and oxygen atoms in total. The van der Waals surface area contributed by atoms with Crippen LogP contribution in [0.15, 0.2) is 36.4 Å². The summed E-state index contributed by atoms with van der Waals surface area (Å²) in [6, 6.07) is 11.6. The molecule has 0 aliphatic rings. The molecular formula is C13H8BrF3OZn. The Bertz CT molecular complexity index is 500. The predicted molar refractivity (Wildman–Crippen MR) is 64.9 cm³/mol. The van der Waals surface area contributed by atoms with Crippen molar-refractivity contribution in [1.29, 1.82) is 0 Å². The van der Waals surface area contributed by atoms with E-state index in [1.807, 2.05) is 0 Å². The molecule has 0 radical (unpaired) electrons. The summed E-state index contributed by atoms with van der Waals surface area (Å²) >= 11 is 4.25. The molecule has 0 atom stereocenters. The topological polar surface area (TPSA) is 9.23 Å². The molecule has 19 heavy (non-hydrogen) atoms. The zero-order valence-corrected chi connectivity index (χ0v) is 14.4. The van der Waals surface area contributed by atoms with Gasteiger partial charge in [0.25, 0.3) is 0 Å². The molecule has 0 aromatic heterocycles. The van der Waals surface area contributed by atoms with Crippen molar-refractivity contribution < 1.29 is 34.3 Å². The SMILES string of the molecule is Fc1cc(OCc2[c-]cccc2)cc(F)c1F.[Zn+][Br]. The predicted octanol–water partition coefficient (Wildman–Crippen LogP) is 4.33. The van der Waals surface area contributed by atoms with Crippen LogP contribution in [0.2, 0.25) is 0 Å². The molecule has 96 valence electrons. The second kappa shape index (κ2) is 8.33. The van der Waals surface area contributed by atoms with Crippen molar-refractivity contribution in [2.75, 3.05) is 0 Å². The van der Waals surface area contributed by atoms with Gasteiger partial charge in [-0.25, -0.2) is 13.2 Å². The van der Waals surface area contributed by atoms with E-state index in [2.05, 4.69) is 19.7 Å². The Morgan fingerprint density at radius 1 is 1.11 bits per heavy atom. The van der Waals surface area contributed by atoms with E-state index >= 15 is 0 Å². The summed E-state index contributed by atoms with van der Waals surface area (Å²) in [4.78, 5) is 0. The van der Waals surface area contributed by atoms with E-state index in [1.165, 1.54) is 16.3 Å². The van der Waals surface area contributed by atoms with Gasteiger partial charge in [0.1, 0.15) is 5.75 Å². The normalized spacial score (nSPS) is 9.58. The van der Waals surface area contributed by atoms with Crippen LogP contribution in [0.5, 0.6) is 5.75 Å². The molecular weight excluding hydrogens is 374 g/mol. The maximum atomic E-state index is 12.9. The molecule has 6 heteroatoms. The minimum absolute atomic E-state index is 0.0568. The minimum atomic E-state index is -1.50. The second-order valence-electron chi connectivity index (χ2n) is 3.38. The van der Waals surface area contributed by atoms with Crippen LogP contribution >= 0.6 is 13.6 Å². The standard InChI is InChI=1S/C13H8F3O.BrH.Zn/c14-11-6-10(7-12(15)13(11)16)17-8-9-4-2-1-3-5-9;;/h1-4,6-7H,8H2;1H;/q-1;;+2/p-1. The van der Waals surface area contributed by atoms with Crippen molar-refractivity contribution >= 4 is 13.6 Å². The van der Waals surface area contributed by atoms with Crippen LogP contribution in [-0.4, -0.2) is 0 Å². The number of rotatable bonds is 3. The Hall–Kier alpha value is -0.867. The fourth-order valence-corrected chi connectivity index (χ4v) is 1.30. The third-order valence-electron chi connectivity index (χ3n) is 2.13. The van der Waals surface area contributed by atoms with Crippen LogP contribution in [0.25, 0.3) is 0 Å². The van der Waals surface area contributed by atoms with E-state index in [9.17, 15) is 13.2 Å². The van der Waals surface area contributed by atoms with E-state index < -0.39 is 17.5 Å². The van der Waals surface area contributed by atoms with E-state index in [0.717, 1.165) is 17.7 Å². The summed E-state index contributed by atoms with van der Waals surface area (Å²) in [7, 11) is 0. The van der Waals surface area contributed by atoms with Crippen molar-refractivity contribution in [3.8, 4) is 5.75 Å². The Morgan fingerprint density at radius 2 is 1.74 bits per heavy atom. The van der Waals surface area contributed by atoms with Gasteiger partial charge in [0, 0.05) is 12.1 Å². The fourth-order valence-electron chi connectivity index (χ4n) is 1.30. The van der Waals surface area contributed by atoms with Gasteiger partial charge < -0.3 is 4.74 Å². The summed E-state index contributed by atoms with van der Waals surface area (Å²) in [6.07, 6.45) is 0. The Morgan fingerprint density at radius 3 is 2.26 bits per heavy atom. The third kappa shape index (κ3) is 4.96. The van der Waals surface area contributed by atoms with Gasteiger partial charge >= 0.3 is 30.0 Å². The third-order valence-corrected chi connectivity index (χ3v) is 2.13. The fraction of sp³-hybridized carbons (Fsp3) is 0.0769. The van der Waals surface area contributed by atoms with E-state index in [-0.39, 0.29) is 12.4 Å². The zero-order chi connectivity index (χ0) is 14.3. The summed E-state index contributed by atoms with van der Waals surface area (Å²) in [6.45, 7) is 0.116. The Labute approximate surface area is 125 Å². The van der Waals surface area contributed by atoms with Gasteiger partial charge in [0.15, 0.2) is 17.5 Å². The van der Waals surface area contributed by atoms with Gasteiger partial charge in [-0.3, -0.25) is 0 Å². The summed E-state index contributed by atoms with van der Waals surface area (Å²) < 4.78 is 43.5. The molecule has 0 unspecified atom stereocenters. The van der Waals surface area contributed by atoms with E-state index in [0.29, 0.717) is 0 Å². The van der Waals surface area contributed by atoms with Crippen LogP contribution in [0.1, 0.15) is 5.56 Å². The zero-order valence-electron chi connectivity index (χ0n) is 9.80. The number of halogens is 4. The van der Waals surface area contributed by atoms with Crippen molar-refractivity contribution in [1.82, 2.24) is 0 Å². The number of hydrogen-bond donors (Lipinski definition) is 0. The van der Waals surface area contributed by atoms with Crippen LogP contribution in [-0.2, 0) is 22.9 Å². The van der Waals surface area contributed by atoms with Crippen molar-refractivity contribution in [3.05, 3.63) is 65.5 Å². The molecule has 0 spiro atoms. The average Bonchev–Trinajstić information content (AvgIpc) is 2.45. The first-order valence-electron chi connectivity index (χ1n) is 5.16. The first kappa shape index (κ1) is 16.2. The molecule has 0 bridgehead atoms. The first-order chi connectivity index (χ1) is 9.16. The first-order valence-corrected chi connectivity index (χ1v) is 12.1. The van der Waals surface area contributed by atoms with Gasteiger partial charge in [-0.1, -0.05) is 0 Å². The molecule has 0 aliphatic carbocycles. The molecule has 0 heterocycles. The maximum absolute atomic E-state index is 12.9. The van der Waals surface area contributed by atoms with Gasteiger partial charge in [0.05, 0.1) is 6.61 Å². The van der Waals surface area contributed by atoms with Crippen molar-refractivity contribution in [2.24, 2.45) is 0 Å². The molecule has 2 aromatic rings. The van der Waals surface area contributed by atoms with Crippen molar-refractivity contribution in [3.63, 3.8) is 0 Å². The van der Waals surface area contributed by atoms with Gasteiger partial charge in [-0.2, -0.15) is 30.3 Å².